The van der Waals surface area contributed by atoms with E-state index in [1.165, 1.54) is 45.1 Å². The topological polar surface area (TPSA) is 38.5 Å². The summed E-state index contributed by atoms with van der Waals surface area (Å²) in [7, 11) is 1.85. The zero-order valence-electron chi connectivity index (χ0n) is 13.0. The lowest BCUT2D eigenvalue weighted by atomic mass is 9.73. The first-order valence-electron chi connectivity index (χ1n) is 8.13. The highest BCUT2D eigenvalue weighted by molar-refractivity contribution is 4.98. The van der Waals surface area contributed by atoms with Crippen LogP contribution in [0, 0.1) is 11.8 Å². The van der Waals surface area contributed by atoms with Crippen LogP contribution in [0.5, 0.6) is 0 Å². The van der Waals surface area contributed by atoms with E-state index in [0.717, 1.165) is 19.0 Å². The van der Waals surface area contributed by atoms with E-state index in [1.54, 1.807) is 0 Å². The molecule has 1 saturated heterocycles. The van der Waals surface area contributed by atoms with Crippen molar-refractivity contribution in [2.45, 2.75) is 64.0 Å². The number of nitrogens with two attached hydrogens (primary N) is 1. The summed E-state index contributed by atoms with van der Waals surface area (Å²) in [5, 5.41) is 0. The molecule has 2 aliphatic rings. The largest absolute Gasteiger partial charge is 0.380 e. The number of ether oxygens (including phenoxy) is 1. The molecule has 1 heterocycles. The molecule has 112 valence electrons. The fraction of sp³-hybridized carbons (Fsp3) is 1.00. The molecule has 2 unspecified atom stereocenters. The van der Waals surface area contributed by atoms with Crippen molar-refractivity contribution in [2.24, 2.45) is 17.6 Å². The number of hydrogen-bond donors (Lipinski definition) is 1. The molecule has 2 N–H and O–H groups in total. The maximum absolute atomic E-state index is 6.20. The Morgan fingerprint density at radius 1 is 1.26 bits per heavy atom. The van der Waals surface area contributed by atoms with E-state index in [1.807, 2.05) is 7.11 Å². The third kappa shape index (κ3) is 3.14. The second-order valence-corrected chi connectivity index (χ2v) is 6.77. The quantitative estimate of drug-likeness (QED) is 0.852. The summed E-state index contributed by atoms with van der Waals surface area (Å²) in [5.74, 6) is 1.62. The van der Waals surface area contributed by atoms with Gasteiger partial charge in [-0.1, -0.05) is 20.3 Å². The molecular formula is C16H32N2O. The maximum Gasteiger partial charge on any atom is 0.0724 e. The lowest BCUT2D eigenvalue weighted by Gasteiger charge is -2.51. The Labute approximate surface area is 118 Å². The van der Waals surface area contributed by atoms with Crippen LogP contribution in [-0.2, 0) is 4.74 Å². The van der Waals surface area contributed by atoms with E-state index in [0.29, 0.717) is 12.0 Å². The van der Waals surface area contributed by atoms with Crippen molar-refractivity contribution in [1.29, 1.82) is 0 Å². The lowest BCUT2D eigenvalue weighted by molar-refractivity contribution is -0.0585. The summed E-state index contributed by atoms with van der Waals surface area (Å²) in [6, 6.07) is 0. The molecule has 2 atom stereocenters. The lowest BCUT2D eigenvalue weighted by Crippen LogP contribution is -2.60. The standard InChI is InChI=1S/C16H32N2O/c1-4-14-5-8-16(12-17,9-6-14)18-10-7-13(2)15(11-18)19-3/h13-15H,4-12,17H2,1-3H3. The Morgan fingerprint density at radius 2 is 1.95 bits per heavy atom. The van der Waals surface area contributed by atoms with E-state index in [-0.39, 0.29) is 5.54 Å². The molecule has 0 bridgehead atoms. The Hall–Kier alpha value is -0.120. The Bertz CT molecular complexity index is 274. The first-order chi connectivity index (χ1) is 9.15. The van der Waals surface area contributed by atoms with Crippen LogP contribution in [0.15, 0.2) is 0 Å². The van der Waals surface area contributed by atoms with E-state index >= 15 is 0 Å². The normalized spacial score (nSPS) is 41.4. The molecule has 2 fully saturated rings. The molecule has 0 spiro atoms. The second-order valence-electron chi connectivity index (χ2n) is 6.77. The molecule has 2 rings (SSSR count). The average molecular weight is 268 g/mol. The predicted octanol–water partition coefficient (Wildman–Crippen LogP) is 2.64. The second kappa shape index (κ2) is 6.55. The van der Waals surface area contributed by atoms with Gasteiger partial charge in [0.2, 0.25) is 0 Å². The van der Waals surface area contributed by atoms with Gasteiger partial charge in [-0.05, 0) is 50.5 Å². The van der Waals surface area contributed by atoms with Gasteiger partial charge in [0.15, 0.2) is 0 Å². The molecule has 0 amide bonds. The molecule has 19 heavy (non-hydrogen) atoms. The fourth-order valence-corrected chi connectivity index (χ4v) is 4.04. The van der Waals surface area contributed by atoms with Crippen molar-refractivity contribution < 1.29 is 4.74 Å². The average Bonchev–Trinajstić information content (AvgIpc) is 2.47. The van der Waals surface area contributed by atoms with Crippen molar-refractivity contribution >= 4 is 0 Å². The first-order valence-corrected chi connectivity index (χ1v) is 8.13. The van der Waals surface area contributed by atoms with Gasteiger partial charge in [0.25, 0.3) is 0 Å². The Balaban J connectivity index is 2.01. The van der Waals surface area contributed by atoms with Crippen molar-refractivity contribution in [3.63, 3.8) is 0 Å². The molecule has 0 radical (unpaired) electrons. The summed E-state index contributed by atoms with van der Waals surface area (Å²) in [6.45, 7) is 7.73. The monoisotopic (exact) mass is 268 g/mol. The van der Waals surface area contributed by atoms with Gasteiger partial charge in [0, 0.05) is 25.7 Å². The molecular weight excluding hydrogens is 236 g/mol. The summed E-state index contributed by atoms with van der Waals surface area (Å²) in [6.07, 6.45) is 8.26. The Morgan fingerprint density at radius 3 is 2.47 bits per heavy atom. The number of hydrogen-bond acceptors (Lipinski definition) is 3. The molecule has 3 nitrogen and oxygen atoms in total. The van der Waals surface area contributed by atoms with Gasteiger partial charge in [-0.2, -0.15) is 0 Å². The smallest absolute Gasteiger partial charge is 0.0724 e. The molecule has 0 aromatic heterocycles. The molecule has 0 aromatic rings. The van der Waals surface area contributed by atoms with Crippen LogP contribution in [0.2, 0.25) is 0 Å². The highest BCUT2D eigenvalue weighted by Crippen LogP contribution is 2.39. The zero-order chi connectivity index (χ0) is 13.9. The van der Waals surface area contributed by atoms with Gasteiger partial charge in [-0.3, -0.25) is 4.90 Å². The van der Waals surface area contributed by atoms with E-state index in [4.69, 9.17) is 10.5 Å². The third-order valence-corrected chi connectivity index (χ3v) is 5.86. The minimum Gasteiger partial charge on any atom is -0.380 e. The van der Waals surface area contributed by atoms with Crippen LogP contribution >= 0.6 is 0 Å². The first kappa shape index (κ1) is 15.3. The summed E-state index contributed by atoms with van der Waals surface area (Å²) in [5.41, 5.74) is 6.46. The molecule has 1 saturated carbocycles. The summed E-state index contributed by atoms with van der Waals surface area (Å²) >= 11 is 0. The molecule has 1 aliphatic heterocycles. The van der Waals surface area contributed by atoms with Crippen molar-refractivity contribution in [3.05, 3.63) is 0 Å². The number of piperidine rings is 1. The summed E-state index contributed by atoms with van der Waals surface area (Å²) < 4.78 is 5.67. The maximum atomic E-state index is 6.20. The van der Waals surface area contributed by atoms with E-state index < -0.39 is 0 Å². The highest BCUT2D eigenvalue weighted by Gasteiger charge is 2.42. The van der Waals surface area contributed by atoms with E-state index in [2.05, 4.69) is 18.7 Å². The predicted molar refractivity (Wildman–Crippen MR) is 80.2 cm³/mol. The van der Waals surface area contributed by atoms with Gasteiger partial charge < -0.3 is 10.5 Å². The molecule has 1 aliphatic carbocycles. The van der Waals surface area contributed by atoms with Crippen LogP contribution in [0.4, 0.5) is 0 Å². The third-order valence-electron chi connectivity index (χ3n) is 5.86. The van der Waals surface area contributed by atoms with Crippen LogP contribution in [0.3, 0.4) is 0 Å². The van der Waals surface area contributed by atoms with E-state index in [9.17, 15) is 0 Å². The van der Waals surface area contributed by atoms with Gasteiger partial charge in [-0.25, -0.2) is 0 Å². The van der Waals surface area contributed by atoms with Crippen LogP contribution in [-0.4, -0.2) is 43.3 Å². The van der Waals surface area contributed by atoms with Gasteiger partial charge in [0.05, 0.1) is 6.10 Å². The molecule has 3 heteroatoms. The SMILES string of the molecule is CCC1CCC(CN)(N2CCC(C)C(OC)C2)CC1. The minimum atomic E-state index is 0.266. The van der Waals surface area contributed by atoms with Crippen molar-refractivity contribution in [1.82, 2.24) is 4.90 Å². The van der Waals surface area contributed by atoms with Crippen molar-refractivity contribution in [3.8, 4) is 0 Å². The summed E-state index contributed by atoms with van der Waals surface area (Å²) in [4.78, 5) is 2.66. The van der Waals surface area contributed by atoms with Gasteiger partial charge >= 0.3 is 0 Å². The fourth-order valence-electron chi connectivity index (χ4n) is 4.04. The zero-order valence-corrected chi connectivity index (χ0v) is 13.0. The van der Waals surface area contributed by atoms with Crippen LogP contribution < -0.4 is 5.73 Å². The van der Waals surface area contributed by atoms with Crippen LogP contribution in [0.1, 0.15) is 52.4 Å². The minimum absolute atomic E-state index is 0.266. The highest BCUT2D eigenvalue weighted by atomic mass is 16.5. The van der Waals surface area contributed by atoms with Gasteiger partial charge in [-0.15, -0.1) is 0 Å². The van der Waals surface area contributed by atoms with Crippen molar-refractivity contribution in [2.75, 3.05) is 26.7 Å². The Kier molecular flexibility index (Phi) is 5.27. The molecule has 0 aromatic carbocycles. The van der Waals surface area contributed by atoms with Crippen LogP contribution in [0.25, 0.3) is 0 Å². The number of nitrogens with zero attached hydrogens (tertiary/aromatic N) is 1. The number of likely N-dealkylation sites (tertiary alicyclic amines) is 1. The number of methoxy groups -OCH3 is 1. The number of rotatable bonds is 4. The van der Waals surface area contributed by atoms with Gasteiger partial charge in [0.1, 0.15) is 0 Å².